The summed E-state index contributed by atoms with van der Waals surface area (Å²) in [4.78, 5) is 4.23. The van der Waals surface area contributed by atoms with Crippen molar-refractivity contribution in [1.29, 1.82) is 0 Å². The van der Waals surface area contributed by atoms with Crippen LogP contribution in [0.4, 0.5) is 0 Å². The molecule has 2 nitrogen and oxygen atoms in total. The van der Waals surface area contributed by atoms with E-state index in [4.69, 9.17) is 0 Å². The van der Waals surface area contributed by atoms with Crippen LogP contribution < -0.4 is 0 Å². The number of aromatic nitrogens is 1. The highest BCUT2D eigenvalue weighted by atomic mass is 16.3. The van der Waals surface area contributed by atoms with Crippen LogP contribution >= 0.6 is 0 Å². The normalized spacial score (nSPS) is 15.6. The predicted octanol–water partition coefficient (Wildman–Crippen LogP) is 2.72. The number of hydrogen-bond acceptors (Lipinski definition) is 2. The molecule has 2 unspecified atom stereocenters. The SMILES string of the molecule is Cc1cccnc1C(O)C(C)C(C)C. The van der Waals surface area contributed by atoms with E-state index in [1.165, 1.54) is 0 Å². The number of hydrogen-bond donors (Lipinski definition) is 1. The Morgan fingerprint density at radius 3 is 2.43 bits per heavy atom. The summed E-state index contributed by atoms with van der Waals surface area (Å²) in [7, 11) is 0. The minimum absolute atomic E-state index is 0.239. The van der Waals surface area contributed by atoms with Crippen molar-refractivity contribution in [3.63, 3.8) is 0 Å². The topological polar surface area (TPSA) is 33.1 Å². The Kier molecular flexibility index (Phi) is 3.64. The number of pyridine rings is 1. The molecule has 0 aliphatic heterocycles. The molecule has 2 atom stereocenters. The summed E-state index contributed by atoms with van der Waals surface area (Å²) in [5, 5.41) is 10.1. The number of aliphatic hydroxyl groups is 1. The average molecular weight is 193 g/mol. The Labute approximate surface area is 86.0 Å². The zero-order valence-corrected chi connectivity index (χ0v) is 9.36. The molecule has 0 bridgehead atoms. The summed E-state index contributed by atoms with van der Waals surface area (Å²) in [6, 6.07) is 3.88. The van der Waals surface area contributed by atoms with Gasteiger partial charge in [-0.25, -0.2) is 0 Å². The van der Waals surface area contributed by atoms with Gasteiger partial charge in [-0.05, 0) is 30.4 Å². The van der Waals surface area contributed by atoms with Crippen LogP contribution in [0.1, 0.15) is 38.1 Å². The van der Waals surface area contributed by atoms with Gasteiger partial charge in [-0.15, -0.1) is 0 Å². The number of aryl methyl sites for hydroxylation is 1. The second-order valence-electron chi connectivity index (χ2n) is 4.25. The molecule has 0 radical (unpaired) electrons. The van der Waals surface area contributed by atoms with Gasteiger partial charge >= 0.3 is 0 Å². The zero-order valence-electron chi connectivity index (χ0n) is 9.36. The van der Waals surface area contributed by atoms with E-state index in [0.29, 0.717) is 5.92 Å². The maximum atomic E-state index is 10.1. The van der Waals surface area contributed by atoms with E-state index >= 15 is 0 Å². The van der Waals surface area contributed by atoms with Gasteiger partial charge in [0.1, 0.15) is 0 Å². The fraction of sp³-hybridized carbons (Fsp3) is 0.583. The lowest BCUT2D eigenvalue weighted by atomic mass is 9.89. The highest BCUT2D eigenvalue weighted by Crippen LogP contribution is 2.27. The summed E-state index contributed by atoms with van der Waals surface area (Å²) in [5.41, 5.74) is 1.88. The third-order valence-corrected chi connectivity index (χ3v) is 2.88. The number of nitrogens with zero attached hydrogens (tertiary/aromatic N) is 1. The molecular weight excluding hydrogens is 174 g/mol. The molecule has 1 N–H and O–H groups in total. The van der Waals surface area contributed by atoms with E-state index in [0.717, 1.165) is 11.3 Å². The molecule has 0 saturated heterocycles. The highest BCUT2D eigenvalue weighted by Gasteiger charge is 2.21. The lowest BCUT2D eigenvalue weighted by Crippen LogP contribution is -2.17. The molecule has 1 heterocycles. The highest BCUT2D eigenvalue weighted by molar-refractivity contribution is 5.20. The third-order valence-electron chi connectivity index (χ3n) is 2.88. The van der Waals surface area contributed by atoms with E-state index in [-0.39, 0.29) is 5.92 Å². The van der Waals surface area contributed by atoms with Crippen LogP contribution in [0.25, 0.3) is 0 Å². The van der Waals surface area contributed by atoms with E-state index in [9.17, 15) is 5.11 Å². The molecule has 1 aromatic rings. The minimum Gasteiger partial charge on any atom is -0.387 e. The van der Waals surface area contributed by atoms with Gasteiger partial charge in [-0.3, -0.25) is 4.98 Å². The zero-order chi connectivity index (χ0) is 10.7. The summed E-state index contributed by atoms with van der Waals surface area (Å²) >= 11 is 0. The van der Waals surface area contributed by atoms with Crippen molar-refractivity contribution in [3.8, 4) is 0 Å². The van der Waals surface area contributed by atoms with Crippen molar-refractivity contribution in [2.75, 3.05) is 0 Å². The number of rotatable bonds is 3. The van der Waals surface area contributed by atoms with E-state index in [2.05, 4.69) is 25.8 Å². The summed E-state index contributed by atoms with van der Waals surface area (Å²) in [5.74, 6) is 0.704. The first-order valence-corrected chi connectivity index (χ1v) is 5.13. The van der Waals surface area contributed by atoms with Crippen molar-refractivity contribution < 1.29 is 5.11 Å². The van der Waals surface area contributed by atoms with Crippen LogP contribution in [0.5, 0.6) is 0 Å². The minimum atomic E-state index is -0.448. The first-order chi connectivity index (χ1) is 6.54. The Morgan fingerprint density at radius 1 is 1.29 bits per heavy atom. The van der Waals surface area contributed by atoms with E-state index in [1.54, 1.807) is 6.20 Å². The van der Waals surface area contributed by atoms with Crippen LogP contribution in [0.2, 0.25) is 0 Å². The lowest BCUT2D eigenvalue weighted by molar-refractivity contribution is 0.0876. The third kappa shape index (κ3) is 2.32. The molecular formula is C12H19NO. The molecule has 2 heteroatoms. The first-order valence-electron chi connectivity index (χ1n) is 5.13. The summed E-state index contributed by atoms with van der Waals surface area (Å²) in [6.45, 7) is 8.28. The Morgan fingerprint density at radius 2 is 1.93 bits per heavy atom. The largest absolute Gasteiger partial charge is 0.387 e. The van der Waals surface area contributed by atoms with Crippen LogP contribution in [0.3, 0.4) is 0 Å². The molecule has 0 aromatic carbocycles. The fourth-order valence-electron chi connectivity index (χ4n) is 1.42. The lowest BCUT2D eigenvalue weighted by Gasteiger charge is -2.22. The van der Waals surface area contributed by atoms with Gasteiger partial charge in [-0.2, -0.15) is 0 Å². The molecule has 0 aliphatic rings. The molecule has 0 saturated carbocycles. The summed E-state index contributed by atoms with van der Waals surface area (Å²) in [6.07, 6.45) is 1.29. The van der Waals surface area contributed by atoms with Crippen LogP contribution in [-0.4, -0.2) is 10.1 Å². The van der Waals surface area contributed by atoms with Gasteiger partial charge in [0.15, 0.2) is 0 Å². The maximum Gasteiger partial charge on any atom is 0.0990 e. The fourth-order valence-corrected chi connectivity index (χ4v) is 1.42. The van der Waals surface area contributed by atoms with Gasteiger partial charge in [-0.1, -0.05) is 26.8 Å². The molecule has 78 valence electrons. The average Bonchev–Trinajstić information content (AvgIpc) is 2.16. The van der Waals surface area contributed by atoms with Gasteiger partial charge in [0.05, 0.1) is 11.8 Å². The standard InChI is InChI=1S/C12H19NO/c1-8(2)10(4)12(14)11-9(3)6-5-7-13-11/h5-8,10,12,14H,1-4H3. The Hall–Kier alpha value is -0.890. The van der Waals surface area contributed by atoms with Gasteiger partial charge in [0, 0.05) is 6.20 Å². The van der Waals surface area contributed by atoms with Crippen molar-refractivity contribution in [1.82, 2.24) is 4.98 Å². The van der Waals surface area contributed by atoms with Crippen LogP contribution in [0, 0.1) is 18.8 Å². The van der Waals surface area contributed by atoms with Gasteiger partial charge in [0.2, 0.25) is 0 Å². The van der Waals surface area contributed by atoms with Crippen molar-refractivity contribution in [2.45, 2.75) is 33.8 Å². The quantitative estimate of drug-likeness (QED) is 0.800. The molecule has 0 aliphatic carbocycles. The second kappa shape index (κ2) is 4.56. The molecule has 0 spiro atoms. The smallest absolute Gasteiger partial charge is 0.0990 e. The summed E-state index contributed by atoms with van der Waals surface area (Å²) < 4.78 is 0. The first kappa shape index (κ1) is 11.2. The molecule has 0 amide bonds. The van der Waals surface area contributed by atoms with Crippen LogP contribution in [-0.2, 0) is 0 Å². The van der Waals surface area contributed by atoms with Crippen molar-refractivity contribution >= 4 is 0 Å². The van der Waals surface area contributed by atoms with Crippen LogP contribution in [0.15, 0.2) is 18.3 Å². The monoisotopic (exact) mass is 193 g/mol. The van der Waals surface area contributed by atoms with E-state index in [1.807, 2.05) is 19.1 Å². The van der Waals surface area contributed by atoms with E-state index < -0.39 is 6.10 Å². The van der Waals surface area contributed by atoms with Crippen molar-refractivity contribution in [2.24, 2.45) is 11.8 Å². The molecule has 14 heavy (non-hydrogen) atoms. The molecule has 1 aromatic heterocycles. The molecule has 0 fully saturated rings. The van der Waals surface area contributed by atoms with Gasteiger partial charge in [0.25, 0.3) is 0 Å². The Balaban J connectivity index is 2.89. The van der Waals surface area contributed by atoms with Gasteiger partial charge < -0.3 is 5.11 Å². The maximum absolute atomic E-state index is 10.1. The predicted molar refractivity (Wildman–Crippen MR) is 57.9 cm³/mol. The second-order valence-corrected chi connectivity index (χ2v) is 4.25. The Bertz CT molecular complexity index is 296. The van der Waals surface area contributed by atoms with Crippen molar-refractivity contribution in [3.05, 3.63) is 29.6 Å². The molecule has 1 rings (SSSR count). The number of aliphatic hydroxyl groups excluding tert-OH is 1.